The van der Waals surface area contributed by atoms with Crippen LogP contribution in [0.3, 0.4) is 0 Å². The summed E-state index contributed by atoms with van der Waals surface area (Å²) in [5, 5.41) is 10.6. The van der Waals surface area contributed by atoms with Crippen LogP contribution in [0, 0.1) is 23.7 Å². The number of hydrogen-bond donors (Lipinski definition) is 1. The maximum absolute atomic E-state index is 12.4. The van der Waals surface area contributed by atoms with Gasteiger partial charge in [-0.2, -0.15) is 0 Å². The van der Waals surface area contributed by atoms with Gasteiger partial charge in [-0.1, -0.05) is 27.2 Å². The lowest BCUT2D eigenvalue weighted by Crippen LogP contribution is -2.40. The largest absolute Gasteiger partial charge is 0.481 e. The summed E-state index contributed by atoms with van der Waals surface area (Å²) >= 11 is 0. The van der Waals surface area contributed by atoms with Crippen LogP contribution >= 0.6 is 0 Å². The number of hydroxylamine groups is 2. The predicted molar refractivity (Wildman–Crippen MR) is 71.2 cm³/mol. The Bertz CT molecular complexity index is 329. The molecule has 0 aliphatic heterocycles. The van der Waals surface area contributed by atoms with E-state index < -0.39 is 17.8 Å². The number of amides is 1. The van der Waals surface area contributed by atoms with Crippen molar-refractivity contribution in [3.05, 3.63) is 0 Å². The molecule has 0 heterocycles. The molecule has 110 valence electrons. The minimum absolute atomic E-state index is 0.181. The molecule has 1 rings (SSSR count). The molecule has 1 aliphatic carbocycles. The summed E-state index contributed by atoms with van der Waals surface area (Å²) in [6.07, 6.45) is 2.18. The molecule has 1 unspecified atom stereocenters. The van der Waals surface area contributed by atoms with Crippen molar-refractivity contribution in [3.63, 3.8) is 0 Å². The zero-order valence-corrected chi connectivity index (χ0v) is 12.3. The Morgan fingerprint density at radius 3 is 2.32 bits per heavy atom. The highest BCUT2D eigenvalue weighted by molar-refractivity contribution is 5.84. The molecule has 0 radical (unpaired) electrons. The smallest absolute Gasteiger partial charge is 0.307 e. The molecule has 1 N–H and O–H groups in total. The first-order valence-electron chi connectivity index (χ1n) is 6.98. The predicted octanol–water partition coefficient (Wildman–Crippen LogP) is 2.17. The molecule has 0 saturated heterocycles. The van der Waals surface area contributed by atoms with Crippen molar-refractivity contribution < 1.29 is 19.5 Å². The molecule has 5 nitrogen and oxygen atoms in total. The van der Waals surface area contributed by atoms with Gasteiger partial charge in [0.05, 0.1) is 25.5 Å². The first-order chi connectivity index (χ1) is 8.90. The first kappa shape index (κ1) is 16.0. The van der Waals surface area contributed by atoms with Crippen LogP contribution in [-0.2, 0) is 14.4 Å². The Morgan fingerprint density at radius 2 is 1.89 bits per heavy atom. The molecular formula is C14H25NO4. The number of aliphatic carboxylic acids is 1. The number of carbonyl (C=O) groups is 2. The molecule has 0 aromatic carbocycles. The Morgan fingerprint density at radius 1 is 1.32 bits per heavy atom. The number of carboxylic acids is 1. The lowest BCUT2D eigenvalue weighted by molar-refractivity contribution is -0.185. The average molecular weight is 271 g/mol. The summed E-state index contributed by atoms with van der Waals surface area (Å²) in [5.74, 6) is -1.44. The van der Waals surface area contributed by atoms with E-state index in [-0.39, 0.29) is 11.8 Å². The van der Waals surface area contributed by atoms with Gasteiger partial charge in [-0.15, -0.1) is 0 Å². The van der Waals surface area contributed by atoms with E-state index in [0.29, 0.717) is 25.3 Å². The van der Waals surface area contributed by atoms with E-state index in [4.69, 9.17) is 4.84 Å². The Kier molecular flexibility index (Phi) is 5.79. The van der Waals surface area contributed by atoms with Gasteiger partial charge in [0.1, 0.15) is 0 Å². The van der Waals surface area contributed by atoms with Gasteiger partial charge >= 0.3 is 5.97 Å². The Labute approximate surface area is 114 Å². The molecule has 1 aliphatic rings. The highest BCUT2D eigenvalue weighted by Crippen LogP contribution is 2.39. The molecule has 0 bridgehead atoms. The first-order valence-corrected chi connectivity index (χ1v) is 6.98. The number of carbonyl (C=O) groups excluding carboxylic acids is 1. The molecular weight excluding hydrogens is 246 g/mol. The van der Waals surface area contributed by atoms with Gasteiger partial charge in [-0.25, -0.2) is 5.06 Å². The number of hydrogen-bond acceptors (Lipinski definition) is 3. The topological polar surface area (TPSA) is 66.8 Å². The summed E-state index contributed by atoms with van der Waals surface area (Å²) < 4.78 is 0. The summed E-state index contributed by atoms with van der Waals surface area (Å²) in [6, 6.07) is 0. The van der Waals surface area contributed by atoms with Crippen LogP contribution < -0.4 is 0 Å². The van der Waals surface area contributed by atoms with Gasteiger partial charge in [0.2, 0.25) is 5.91 Å². The standard InChI is InChI=1S/C14H25NO4/c1-5-10-6-11(12(7-10)14(17)18)13(16)15(19-4)8-9(2)3/h9-12H,5-8H2,1-4H3,(H,17,18)/t10?,11-,12+/m0/s1. The lowest BCUT2D eigenvalue weighted by atomic mass is 9.95. The molecule has 19 heavy (non-hydrogen) atoms. The van der Waals surface area contributed by atoms with Crippen LogP contribution in [0.2, 0.25) is 0 Å². The number of nitrogens with zero attached hydrogens (tertiary/aromatic N) is 1. The minimum Gasteiger partial charge on any atom is -0.481 e. The number of rotatable bonds is 6. The van der Waals surface area contributed by atoms with Gasteiger partial charge < -0.3 is 5.11 Å². The van der Waals surface area contributed by atoms with Crippen molar-refractivity contribution in [2.45, 2.75) is 40.0 Å². The summed E-state index contributed by atoms with van der Waals surface area (Å²) in [5.41, 5.74) is 0. The van der Waals surface area contributed by atoms with Crippen molar-refractivity contribution in [1.29, 1.82) is 0 Å². The van der Waals surface area contributed by atoms with E-state index in [1.165, 1.54) is 12.2 Å². The summed E-state index contributed by atoms with van der Waals surface area (Å²) in [4.78, 5) is 28.8. The second-order valence-electron chi connectivity index (χ2n) is 5.77. The van der Waals surface area contributed by atoms with E-state index in [2.05, 4.69) is 0 Å². The third kappa shape index (κ3) is 3.93. The zero-order valence-electron chi connectivity index (χ0n) is 12.3. The van der Waals surface area contributed by atoms with E-state index in [1.54, 1.807) is 0 Å². The molecule has 5 heteroatoms. The third-order valence-corrected chi connectivity index (χ3v) is 3.87. The molecule has 0 aromatic heterocycles. The SMILES string of the molecule is CCC1C[C@H](C(=O)N(CC(C)C)OC)[C@H](C(=O)O)C1. The maximum Gasteiger partial charge on any atom is 0.307 e. The average Bonchev–Trinajstić information content (AvgIpc) is 2.79. The van der Waals surface area contributed by atoms with Crippen molar-refractivity contribution in [2.75, 3.05) is 13.7 Å². The van der Waals surface area contributed by atoms with E-state index >= 15 is 0 Å². The highest BCUT2D eigenvalue weighted by atomic mass is 16.7. The molecule has 1 saturated carbocycles. The van der Waals surface area contributed by atoms with E-state index in [9.17, 15) is 14.7 Å². The second kappa shape index (κ2) is 6.89. The molecule has 0 spiro atoms. The molecule has 3 atom stereocenters. The summed E-state index contributed by atoms with van der Waals surface area (Å²) in [6.45, 7) is 6.53. The highest BCUT2D eigenvalue weighted by Gasteiger charge is 2.43. The quantitative estimate of drug-likeness (QED) is 0.752. The number of carboxylic acid groups (broad SMARTS) is 1. The van der Waals surface area contributed by atoms with E-state index in [1.807, 2.05) is 20.8 Å². The van der Waals surface area contributed by atoms with Crippen molar-refractivity contribution in [2.24, 2.45) is 23.7 Å². The fraction of sp³-hybridized carbons (Fsp3) is 0.857. The van der Waals surface area contributed by atoms with Gasteiger partial charge in [0.15, 0.2) is 0 Å². The van der Waals surface area contributed by atoms with Crippen LogP contribution in [0.25, 0.3) is 0 Å². The van der Waals surface area contributed by atoms with Gasteiger partial charge in [0, 0.05) is 0 Å². The molecule has 1 fully saturated rings. The van der Waals surface area contributed by atoms with Crippen LogP contribution in [0.4, 0.5) is 0 Å². The monoisotopic (exact) mass is 271 g/mol. The van der Waals surface area contributed by atoms with Crippen LogP contribution in [0.5, 0.6) is 0 Å². The van der Waals surface area contributed by atoms with Gasteiger partial charge in [-0.3, -0.25) is 14.4 Å². The second-order valence-corrected chi connectivity index (χ2v) is 5.77. The van der Waals surface area contributed by atoms with Crippen molar-refractivity contribution in [3.8, 4) is 0 Å². The van der Waals surface area contributed by atoms with Crippen LogP contribution in [-0.4, -0.2) is 35.7 Å². The molecule has 0 aromatic rings. The fourth-order valence-corrected chi connectivity index (χ4v) is 2.79. The van der Waals surface area contributed by atoms with E-state index in [0.717, 1.165) is 6.42 Å². The fourth-order valence-electron chi connectivity index (χ4n) is 2.79. The zero-order chi connectivity index (χ0) is 14.6. The van der Waals surface area contributed by atoms with Crippen LogP contribution in [0.1, 0.15) is 40.0 Å². The lowest BCUT2D eigenvalue weighted by Gasteiger charge is -2.26. The maximum atomic E-state index is 12.4. The summed E-state index contributed by atoms with van der Waals surface area (Å²) in [7, 11) is 1.46. The third-order valence-electron chi connectivity index (χ3n) is 3.87. The molecule has 1 amide bonds. The van der Waals surface area contributed by atoms with Crippen molar-refractivity contribution >= 4 is 11.9 Å². The Balaban J connectivity index is 2.80. The van der Waals surface area contributed by atoms with Crippen LogP contribution in [0.15, 0.2) is 0 Å². The minimum atomic E-state index is -0.866. The van der Waals surface area contributed by atoms with Crippen molar-refractivity contribution in [1.82, 2.24) is 5.06 Å². The Hall–Kier alpha value is -1.10. The van der Waals surface area contributed by atoms with Gasteiger partial charge in [0.25, 0.3) is 0 Å². The van der Waals surface area contributed by atoms with Gasteiger partial charge in [-0.05, 0) is 24.7 Å². The normalized spacial score (nSPS) is 26.7.